The minimum atomic E-state index is -3.65. The Morgan fingerprint density at radius 3 is 2.19 bits per heavy atom. The van der Waals surface area contributed by atoms with Gasteiger partial charge >= 0.3 is 0 Å². The molecule has 0 amide bonds. The molecule has 2 rings (SSSR count). The summed E-state index contributed by atoms with van der Waals surface area (Å²) in [6.07, 6.45) is 1.03. The lowest BCUT2D eigenvalue weighted by Crippen LogP contribution is -2.39. The average Bonchev–Trinajstić information content (AvgIpc) is 2.47. The molecule has 0 unspecified atom stereocenters. The van der Waals surface area contributed by atoms with E-state index in [2.05, 4.69) is 0 Å². The zero-order valence-corrected chi connectivity index (χ0v) is 12.4. The number of hydrogen-bond acceptors (Lipinski definition) is 5. The average molecular weight is 312 g/mol. The van der Waals surface area contributed by atoms with Crippen LogP contribution in [0.4, 0.5) is 5.69 Å². The van der Waals surface area contributed by atoms with Gasteiger partial charge in [0.1, 0.15) is 5.78 Å². The van der Waals surface area contributed by atoms with Gasteiger partial charge in [0.2, 0.25) is 10.0 Å². The fourth-order valence-corrected chi connectivity index (χ4v) is 3.86. The van der Waals surface area contributed by atoms with E-state index in [-0.39, 0.29) is 22.3 Å². The molecule has 0 aliphatic carbocycles. The fraction of sp³-hybridized carbons (Fsp3) is 0.462. The van der Waals surface area contributed by atoms with Crippen LogP contribution >= 0.6 is 0 Å². The van der Waals surface area contributed by atoms with Gasteiger partial charge in [-0.1, -0.05) is 0 Å². The number of Topliss-reactive ketones (excluding diaryl/α,β-unsaturated/α-hetero) is 1. The molecule has 0 aromatic heterocycles. The summed E-state index contributed by atoms with van der Waals surface area (Å²) in [6.45, 7) is 2.11. The summed E-state index contributed by atoms with van der Waals surface area (Å²) >= 11 is 0. The Kier molecular flexibility index (Phi) is 4.38. The third-order valence-corrected chi connectivity index (χ3v) is 5.63. The molecule has 1 heterocycles. The van der Waals surface area contributed by atoms with E-state index in [0.717, 1.165) is 0 Å². The quantitative estimate of drug-likeness (QED) is 0.621. The molecule has 0 spiro atoms. The summed E-state index contributed by atoms with van der Waals surface area (Å²) in [5.74, 6) is 0.00990. The van der Waals surface area contributed by atoms with Crippen molar-refractivity contribution in [2.45, 2.75) is 24.7 Å². The number of nitro benzene ring substituents is 1. The highest BCUT2D eigenvalue weighted by Gasteiger charge is 2.30. The molecule has 0 saturated carbocycles. The molecule has 1 saturated heterocycles. The van der Waals surface area contributed by atoms with Crippen molar-refractivity contribution in [3.8, 4) is 0 Å². The predicted octanol–water partition coefficient (Wildman–Crippen LogP) is 1.58. The molecule has 0 atom stereocenters. The number of benzene rings is 1. The van der Waals surface area contributed by atoms with Crippen LogP contribution in [0.1, 0.15) is 19.8 Å². The van der Waals surface area contributed by atoms with Crippen LogP contribution in [0.3, 0.4) is 0 Å². The van der Waals surface area contributed by atoms with Crippen molar-refractivity contribution in [2.24, 2.45) is 5.92 Å². The first kappa shape index (κ1) is 15.6. The molecule has 1 aromatic rings. The van der Waals surface area contributed by atoms with Crippen molar-refractivity contribution < 1.29 is 18.1 Å². The molecule has 7 nitrogen and oxygen atoms in total. The van der Waals surface area contributed by atoms with Gasteiger partial charge in [0, 0.05) is 31.1 Å². The molecule has 0 radical (unpaired) electrons. The van der Waals surface area contributed by atoms with Crippen LogP contribution in [0, 0.1) is 16.0 Å². The number of nitro groups is 1. The van der Waals surface area contributed by atoms with Crippen molar-refractivity contribution in [1.82, 2.24) is 4.31 Å². The highest BCUT2D eigenvalue weighted by Crippen LogP contribution is 2.25. The SMILES string of the molecule is CC(=O)C1CCN(S(=O)(=O)c2ccc([N+](=O)[O-])cc2)CC1. The van der Waals surface area contributed by atoms with E-state index in [1.807, 2.05) is 0 Å². The third kappa shape index (κ3) is 3.27. The second-order valence-corrected chi connectivity index (χ2v) is 6.98. The molecule has 21 heavy (non-hydrogen) atoms. The zero-order chi connectivity index (χ0) is 15.6. The summed E-state index contributed by atoms with van der Waals surface area (Å²) < 4.78 is 26.2. The van der Waals surface area contributed by atoms with Crippen molar-refractivity contribution in [1.29, 1.82) is 0 Å². The number of carbonyl (C=O) groups is 1. The molecule has 1 aromatic carbocycles. The Morgan fingerprint density at radius 2 is 1.76 bits per heavy atom. The van der Waals surface area contributed by atoms with Crippen LogP contribution in [-0.2, 0) is 14.8 Å². The topological polar surface area (TPSA) is 97.6 Å². The lowest BCUT2D eigenvalue weighted by atomic mass is 9.95. The standard InChI is InChI=1S/C13H16N2O5S/c1-10(16)11-6-8-14(9-7-11)21(19,20)13-4-2-12(3-5-13)15(17)18/h2-5,11H,6-9H2,1H3. The Labute approximate surface area is 122 Å². The van der Waals surface area contributed by atoms with Gasteiger partial charge in [-0.2, -0.15) is 4.31 Å². The Morgan fingerprint density at radius 1 is 1.24 bits per heavy atom. The minimum Gasteiger partial charge on any atom is -0.300 e. The summed E-state index contributed by atoms with van der Waals surface area (Å²) in [4.78, 5) is 21.3. The molecule has 1 aliphatic rings. The fourth-order valence-electron chi connectivity index (χ4n) is 2.39. The summed E-state index contributed by atoms with van der Waals surface area (Å²) in [7, 11) is -3.65. The van der Waals surface area contributed by atoms with Crippen LogP contribution in [0.2, 0.25) is 0 Å². The smallest absolute Gasteiger partial charge is 0.269 e. The first-order valence-electron chi connectivity index (χ1n) is 6.57. The van der Waals surface area contributed by atoms with E-state index < -0.39 is 14.9 Å². The van der Waals surface area contributed by atoms with Crippen LogP contribution in [0.5, 0.6) is 0 Å². The summed E-state index contributed by atoms with van der Waals surface area (Å²) in [6, 6.07) is 4.83. The highest BCUT2D eigenvalue weighted by molar-refractivity contribution is 7.89. The van der Waals surface area contributed by atoms with Crippen LogP contribution in [-0.4, -0.2) is 36.5 Å². The van der Waals surface area contributed by atoms with Gasteiger partial charge < -0.3 is 0 Å². The van der Waals surface area contributed by atoms with E-state index in [9.17, 15) is 23.3 Å². The number of non-ortho nitro benzene ring substituents is 1. The first-order chi connectivity index (χ1) is 9.82. The number of carbonyl (C=O) groups excluding carboxylic acids is 1. The molecular formula is C13H16N2O5S. The molecule has 0 N–H and O–H groups in total. The molecular weight excluding hydrogens is 296 g/mol. The van der Waals surface area contributed by atoms with E-state index in [1.54, 1.807) is 0 Å². The lowest BCUT2D eigenvalue weighted by molar-refractivity contribution is -0.384. The molecule has 8 heteroatoms. The Hall–Kier alpha value is -1.80. The molecule has 0 bridgehead atoms. The van der Waals surface area contributed by atoms with Crippen LogP contribution < -0.4 is 0 Å². The summed E-state index contributed by atoms with van der Waals surface area (Å²) in [5.41, 5.74) is -0.149. The van der Waals surface area contributed by atoms with E-state index >= 15 is 0 Å². The van der Waals surface area contributed by atoms with Gasteiger partial charge in [0.05, 0.1) is 9.82 Å². The normalized spacial score (nSPS) is 17.6. The second-order valence-electron chi connectivity index (χ2n) is 5.04. The van der Waals surface area contributed by atoms with Crippen molar-refractivity contribution in [3.63, 3.8) is 0 Å². The largest absolute Gasteiger partial charge is 0.300 e. The first-order valence-corrected chi connectivity index (χ1v) is 8.01. The summed E-state index contributed by atoms with van der Waals surface area (Å²) in [5, 5.41) is 10.6. The monoisotopic (exact) mass is 312 g/mol. The number of sulfonamides is 1. The second kappa shape index (κ2) is 5.90. The maximum Gasteiger partial charge on any atom is 0.269 e. The Balaban J connectivity index is 2.15. The van der Waals surface area contributed by atoms with Crippen LogP contribution in [0.15, 0.2) is 29.2 Å². The number of nitrogens with zero attached hydrogens (tertiary/aromatic N) is 2. The number of rotatable bonds is 4. The van der Waals surface area contributed by atoms with Crippen molar-refractivity contribution in [3.05, 3.63) is 34.4 Å². The van der Waals surface area contributed by atoms with E-state index in [4.69, 9.17) is 0 Å². The van der Waals surface area contributed by atoms with Gasteiger partial charge in [-0.3, -0.25) is 14.9 Å². The number of piperidine rings is 1. The van der Waals surface area contributed by atoms with Gasteiger partial charge in [0.25, 0.3) is 5.69 Å². The highest BCUT2D eigenvalue weighted by atomic mass is 32.2. The maximum atomic E-state index is 12.4. The number of hydrogen-bond donors (Lipinski definition) is 0. The zero-order valence-electron chi connectivity index (χ0n) is 11.6. The van der Waals surface area contributed by atoms with Gasteiger partial charge in [-0.05, 0) is 31.9 Å². The Bertz CT molecular complexity index is 646. The predicted molar refractivity (Wildman–Crippen MR) is 75.3 cm³/mol. The van der Waals surface area contributed by atoms with Gasteiger partial charge in [-0.25, -0.2) is 8.42 Å². The van der Waals surface area contributed by atoms with Crippen molar-refractivity contribution >= 4 is 21.5 Å². The van der Waals surface area contributed by atoms with Gasteiger partial charge in [0.15, 0.2) is 0 Å². The van der Waals surface area contributed by atoms with E-state index in [1.165, 1.54) is 35.5 Å². The van der Waals surface area contributed by atoms with E-state index in [0.29, 0.717) is 25.9 Å². The lowest BCUT2D eigenvalue weighted by Gasteiger charge is -2.29. The third-order valence-electron chi connectivity index (χ3n) is 3.71. The molecule has 1 aliphatic heterocycles. The number of ketones is 1. The maximum absolute atomic E-state index is 12.4. The van der Waals surface area contributed by atoms with Crippen molar-refractivity contribution in [2.75, 3.05) is 13.1 Å². The minimum absolute atomic E-state index is 0.0365. The molecule has 114 valence electrons. The van der Waals surface area contributed by atoms with Crippen LogP contribution in [0.25, 0.3) is 0 Å². The molecule has 1 fully saturated rings. The van der Waals surface area contributed by atoms with Gasteiger partial charge in [-0.15, -0.1) is 0 Å².